The molecule has 2 aromatic heterocycles. The summed E-state index contributed by atoms with van der Waals surface area (Å²) in [4.78, 5) is 15.8. The highest BCUT2D eigenvalue weighted by Crippen LogP contribution is 2.30. The first-order valence-corrected chi connectivity index (χ1v) is 7.02. The molecule has 0 fully saturated rings. The van der Waals surface area contributed by atoms with Crippen LogP contribution < -0.4 is 10.1 Å². The predicted molar refractivity (Wildman–Crippen MR) is 79.8 cm³/mol. The van der Waals surface area contributed by atoms with Gasteiger partial charge in [0.05, 0.1) is 6.33 Å². The summed E-state index contributed by atoms with van der Waals surface area (Å²) in [6.07, 6.45) is 5.10. The molecule has 2 heterocycles. The van der Waals surface area contributed by atoms with E-state index in [4.69, 9.17) is 4.74 Å². The van der Waals surface area contributed by atoms with Crippen LogP contribution in [0.3, 0.4) is 0 Å². The number of benzene rings is 1. The lowest BCUT2D eigenvalue weighted by Crippen LogP contribution is -1.99. The first-order chi connectivity index (χ1) is 10.3. The molecule has 6 heteroatoms. The molecule has 4 rings (SSSR count). The number of imidazole rings is 1. The fourth-order valence-electron chi connectivity index (χ4n) is 2.72. The quantitative estimate of drug-likeness (QED) is 0.772. The van der Waals surface area contributed by atoms with Gasteiger partial charge in [-0.05, 0) is 42.5 Å². The number of hydrogen-bond donors (Lipinski definition) is 2. The Morgan fingerprint density at radius 1 is 1.19 bits per heavy atom. The van der Waals surface area contributed by atoms with Gasteiger partial charge >= 0.3 is 0 Å². The Kier molecular flexibility index (Phi) is 2.73. The van der Waals surface area contributed by atoms with Crippen LogP contribution in [0.2, 0.25) is 0 Å². The van der Waals surface area contributed by atoms with Gasteiger partial charge in [0.15, 0.2) is 5.65 Å². The van der Waals surface area contributed by atoms with Crippen LogP contribution in [0.5, 0.6) is 11.6 Å². The standard InChI is InChI=1S/C15H15N5O/c1-16-15-19-13-12(17-8-18-13)14(20-15)21-11-6-5-9-3-2-4-10(9)7-11/h5-8H,2-4H2,1H3,(H2,16,17,18,19,20). The van der Waals surface area contributed by atoms with Crippen LogP contribution >= 0.6 is 0 Å². The van der Waals surface area contributed by atoms with Crippen LogP contribution in [0.25, 0.3) is 11.2 Å². The second-order valence-electron chi connectivity index (χ2n) is 5.09. The molecule has 21 heavy (non-hydrogen) atoms. The third-order valence-corrected chi connectivity index (χ3v) is 3.76. The van der Waals surface area contributed by atoms with Gasteiger partial charge in [0.2, 0.25) is 5.95 Å². The van der Waals surface area contributed by atoms with E-state index in [9.17, 15) is 0 Å². The van der Waals surface area contributed by atoms with E-state index in [0.29, 0.717) is 23.0 Å². The van der Waals surface area contributed by atoms with Gasteiger partial charge in [-0.2, -0.15) is 9.97 Å². The number of H-pyrrole nitrogens is 1. The number of hydrogen-bond acceptors (Lipinski definition) is 5. The molecular formula is C15H15N5O. The molecule has 0 unspecified atom stereocenters. The van der Waals surface area contributed by atoms with Crippen molar-refractivity contribution in [1.82, 2.24) is 19.9 Å². The van der Waals surface area contributed by atoms with Crippen molar-refractivity contribution in [3.63, 3.8) is 0 Å². The third-order valence-electron chi connectivity index (χ3n) is 3.76. The predicted octanol–water partition coefficient (Wildman–Crippen LogP) is 2.68. The average molecular weight is 281 g/mol. The van der Waals surface area contributed by atoms with Gasteiger partial charge < -0.3 is 15.0 Å². The Morgan fingerprint density at radius 3 is 3.00 bits per heavy atom. The minimum Gasteiger partial charge on any atom is -0.437 e. The van der Waals surface area contributed by atoms with Crippen LogP contribution in [0.1, 0.15) is 17.5 Å². The second-order valence-corrected chi connectivity index (χ2v) is 5.09. The van der Waals surface area contributed by atoms with Crippen molar-refractivity contribution in [3.8, 4) is 11.6 Å². The summed E-state index contributed by atoms with van der Waals surface area (Å²) in [5, 5.41) is 2.92. The normalized spacial score (nSPS) is 13.4. The third kappa shape index (κ3) is 2.08. The van der Waals surface area contributed by atoms with Gasteiger partial charge in [-0.25, -0.2) is 4.98 Å². The number of rotatable bonds is 3. The number of aromatic amines is 1. The molecule has 0 saturated carbocycles. The van der Waals surface area contributed by atoms with E-state index in [0.717, 1.165) is 18.6 Å². The summed E-state index contributed by atoms with van der Waals surface area (Å²) < 4.78 is 5.96. The van der Waals surface area contributed by atoms with Crippen molar-refractivity contribution in [2.24, 2.45) is 0 Å². The Bertz CT molecular complexity index is 811. The Balaban J connectivity index is 1.75. The number of nitrogens with zero attached hydrogens (tertiary/aromatic N) is 3. The lowest BCUT2D eigenvalue weighted by Gasteiger charge is -2.08. The molecule has 6 nitrogen and oxygen atoms in total. The van der Waals surface area contributed by atoms with E-state index in [-0.39, 0.29) is 0 Å². The van der Waals surface area contributed by atoms with Crippen molar-refractivity contribution < 1.29 is 4.74 Å². The topological polar surface area (TPSA) is 75.7 Å². The Hall–Kier alpha value is -2.63. The summed E-state index contributed by atoms with van der Waals surface area (Å²) >= 11 is 0. The molecule has 1 aromatic carbocycles. The van der Waals surface area contributed by atoms with Crippen LogP contribution in [0, 0.1) is 0 Å². The van der Waals surface area contributed by atoms with Gasteiger partial charge in [-0.1, -0.05) is 6.07 Å². The molecule has 0 bridgehead atoms. The minimum absolute atomic E-state index is 0.486. The van der Waals surface area contributed by atoms with E-state index in [2.05, 4.69) is 37.4 Å². The van der Waals surface area contributed by atoms with E-state index in [1.807, 2.05) is 6.07 Å². The maximum Gasteiger partial charge on any atom is 0.250 e. The van der Waals surface area contributed by atoms with Crippen LogP contribution in [0.15, 0.2) is 24.5 Å². The molecule has 0 spiro atoms. The number of aromatic nitrogens is 4. The molecule has 3 aromatic rings. The highest BCUT2D eigenvalue weighted by Gasteiger charge is 2.14. The van der Waals surface area contributed by atoms with Crippen LogP contribution in [0.4, 0.5) is 5.95 Å². The zero-order chi connectivity index (χ0) is 14.2. The van der Waals surface area contributed by atoms with Crippen molar-refractivity contribution >= 4 is 17.1 Å². The summed E-state index contributed by atoms with van der Waals surface area (Å²) in [5.74, 6) is 1.78. The number of ether oxygens (including phenoxy) is 1. The smallest absolute Gasteiger partial charge is 0.250 e. The first-order valence-electron chi connectivity index (χ1n) is 7.02. The number of fused-ring (bicyclic) bond motifs is 2. The number of nitrogens with one attached hydrogen (secondary N) is 2. The molecule has 0 radical (unpaired) electrons. The van der Waals surface area contributed by atoms with Gasteiger partial charge in [0.1, 0.15) is 11.3 Å². The molecular weight excluding hydrogens is 266 g/mol. The van der Waals surface area contributed by atoms with Crippen molar-refractivity contribution in [2.45, 2.75) is 19.3 Å². The first kappa shape index (κ1) is 12.1. The van der Waals surface area contributed by atoms with Crippen molar-refractivity contribution in [3.05, 3.63) is 35.7 Å². The van der Waals surface area contributed by atoms with Gasteiger partial charge in [-0.15, -0.1) is 0 Å². The van der Waals surface area contributed by atoms with E-state index >= 15 is 0 Å². The fraction of sp³-hybridized carbons (Fsp3) is 0.267. The lowest BCUT2D eigenvalue weighted by atomic mass is 10.1. The number of aryl methyl sites for hydroxylation is 2. The zero-order valence-corrected chi connectivity index (χ0v) is 11.7. The minimum atomic E-state index is 0.486. The zero-order valence-electron chi connectivity index (χ0n) is 11.7. The largest absolute Gasteiger partial charge is 0.437 e. The highest BCUT2D eigenvalue weighted by molar-refractivity contribution is 5.77. The molecule has 1 aliphatic carbocycles. The lowest BCUT2D eigenvalue weighted by molar-refractivity contribution is 0.467. The maximum absolute atomic E-state index is 5.96. The van der Waals surface area contributed by atoms with E-state index in [1.54, 1.807) is 13.4 Å². The summed E-state index contributed by atoms with van der Waals surface area (Å²) in [5.41, 5.74) is 4.09. The highest BCUT2D eigenvalue weighted by atomic mass is 16.5. The molecule has 0 amide bonds. The average Bonchev–Trinajstić information content (AvgIpc) is 3.14. The summed E-state index contributed by atoms with van der Waals surface area (Å²) in [7, 11) is 1.77. The van der Waals surface area contributed by atoms with Crippen LogP contribution in [-0.2, 0) is 12.8 Å². The van der Waals surface area contributed by atoms with Crippen LogP contribution in [-0.4, -0.2) is 27.0 Å². The molecule has 2 N–H and O–H groups in total. The molecule has 1 aliphatic rings. The van der Waals surface area contributed by atoms with E-state index in [1.165, 1.54) is 17.5 Å². The van der Waals surface area contributed by atoms with Crippen molar-refractivity contribution in [2.75, 3.05) is 12.4 Å². The number of anilines is 1. The Morgan fingerprint density at radius 2 is 2.10 bits per heavy atom. The molecule has 0 aliphatic heterocycles. The van der Waals surface area contributed by atoms with Gasteiger partial charge in [0, 0.05) is 7.05 Å². The van der Waals surface area contributed by atoms with Gasteiger partial charge in [0.25, 0.3) is 5.88 Å². The van der Waals surface area contributed by atoms with Crippen molar-refractivity contribution in [1.29, 1.82) is 0 Å². The van der Waals surface area contributed by atoms with E-state index < -0.39 is 0 Å². The summed E-state index contributed by atoms with van der Waals surface area (Å²) in [6.45, 7) is 0. The molecule has 0 atom stereocenters. The molecule has 0 saturated heterocycles. The monoisotopic (exact) mass is 281 g/mol. The maximum atomic E-state index is 5.96. The SMILES string of the molecule is CNc1nc(Oc2ccc3c(c2)CCC3)c2[nH]cnc2n1. The Labute approximate surface area is 121 Å². The van der Waals surface area contributed by atoms with Gasteiger partial charge in [-0.3, -0.25) is 0 Å². The fourth-order valence-corrected chi connectivity index (χ4v) is 2.72. The summed E-state index contributed by atoms with van der Waals surface area (Å²) in [6, 6.07) is 6.24. The second kappa shape index (κ2) is 4.73. The molecule has 106 valence electrons.